The van der Waals surface area contributed by atoms with Crippen LogP contribution in [0.15, 0.2) is 36.4 Å². The van der Waals surface area contributed by atoms with Gasteiger partial charge in [0.1, 0.15) is 0 Å². The van der Waals surface area contributed by atoms with Gasteiger partial charge in [0.15, 0.2) is 0 Å². The van der Waals surface area contributed by atoms with Crippen molar-refractivity contribution in [3.63, 3.8) is 0 Å². The summed E-state index contributed by atoms with van der Waals surface area (Å²) in [6.45, 7) is 0.870. The summed E-state index contributed by atoms with van der Waals surface area (Å²) in [5.74, 6) is 0.691. The Bertz CT molecular complexity index is 340. The summed E-state index contributed by atoms with van der Waals surface area (Å²) in [5, 5.41) is 0. The van der Waals surface area contributed by atoms with Crippen molar-refractivity contribution in [1.29, 1.82) is 0 Å². The van der Waals surface area contributed by atoms with Gasteiger partial charge in [-0.05, 0) is 42.7 Å². The minimum Gasteiger partial charge on any atom is -0.385 e. The smallest absolute Gasteiger partial charge is 0.0468 e. The highest BCUT2D eigenvalue weighted by atomic mass is 16.5. The minimum atomic E-state index is 0.691. The molecule has 0 N–H and O–H groups in total. The fraction of sp³-hybridized carbons (Fsp3) is 0.467. The number of benzene rings is 1. The maximum atomic E-state index is 5.20. The summed E-state index contributed by atoms with van der Waals surface area (Å²) < 4.78 is 5.20. The van der Waals surface area contributed by atoms with E-state index in [1.165, 1.54) is 30.4 Å². The summed E-state index contributed by atoms with van der Waals surface area (Å²) in [7, 11) is 1.79. The summed E-state index contributed by atoms with van der Waals surface area (Å²) in [6.07, 6.45) is 7.43. The van der Waals surface area contributed by atoms with E-state index in [0.29, 0.717) is 5.92 Å². The summed E-state index contributed by atoms with van der Waals surface area (Å²) in [5.41, 5.74) is 2.92. The summed E-state index contributed by atoms with van der Waals surface area (Å²) in [4.78, 5) is 0. The first-order valence-electron chi connectivity index (χ1n) is 6.16. The molecule has 0 bridgehead atoms. The average Bonchev–Trinajstić information content (AvgIpc) is 2.38. The highest BCUT2D eigenvalue weighted by Crippen LogP contribution is 2.34. The molecule has 0 aromatic heterocycles. The lowest BCUT2D eigenvalue weighted by molar-refractivity contribution is 0.183. The molecule has 0 fully saturated rings. The van der Waals surface area contributed by atoms with E-state index in [1.807, 2.05) is 0 Å². The molecule has 0 saturated heterocycles. The van der Waals surface area contributed by atoms with Crippen molar-refractivity contribution >= 4 is 5.57 Å². The fourth-order valence-corrected chi connectivity index (χ4v) is 2.49. The van der Waals surface area contributed by atoms with Crippen LogP contribution in [0.2, 0.25) is 0 Å². The van der Waals surface area contributed by atoms with E-state index in [4.69, 9.17) is 4.74 Å². The second-order valence-electron chi connectivity index (χ2n) is 4.43. The molecular formula is C15H20O. The fourth-order valence-electron chi connectivity index (χ4n) is 2.49. The number of hydrogen-bond donors (Lipinski definition) is 0. The zero-order valence-corrected chi connectivity index (χ0v) is 9.99. The Morgan fingerprint density at radius 3 is 2.81 bits per heavy atom. The summed E-state index contributed by atoms with van der Waals surface area (Å²) in [6, 6.07) is 10.8. The molecule has 1 aromatic rings. The lowest BCUT2D eigenvalue weighted by Gasteiger charge is -2.24. The number of methoxy groups -OCH3 is 1. The Kier molecular flexibility index (Phi) is 4.17. The molecular weight excluding hydrogens is 196 g/mol. The van der Waals surface area contributed by atoms with Gasteiger partial charge in [-0.25, -0.2) is 0 Å². The van der Waals surface area contributed by atoms with Gasteiger partial charge in [0.2, 0.25) is 0 Å². The molecule has 0 spiro atoms. The minimum absolute atomic E-state index is 0.691. The van der Waals surface area contributed by atoms with Crippen LogP contribution < -0.4 is 0 Å². The maximum Gasteiger partial charge on any atom is 0.0468 e. The van der Waals surface area contributed by atoms with Crippen LogP contribution in [-0.4, -0.2) is 13.7 Å². The molecule has 86 valence electrons. The molecule has 1 nitrogen and oxygen atoms in total. The lowest BCUT2D eigenvalue weighted by Crippen LogP contribution is -2.10. The second kappa shape index (κ2) is 5.86. The van der Waals surface area contributed by atoms with E-state index >= 15 is 0 Å². The first-order valence-corrected chi connectivity index (χ1v) is 6.16. The van der Waals surface area contributed by atoms with Crippen molar-refractivity contribution in [2.75, 3.05) is 13.7 Å². The predicted molar refractivity (Wildman–Crippen MR) is 68.3 cm³/mol. The van der Waals surface area contributed by atoms with E-state index < -0.39 is 0 Å². The lowest BCUT2D eigenvalue weighted by atomic mass is 9.82. The highest BCUT2D eigenvalue weighted by molar-refractivity contribution is 5.67. The third-order valence-corrected chi connectivity index (χ3v) is 3.34. The van der Waals surface area contributed by atoms with Crippen LogP contribution in [0.3, 0.4) is 0 Å². The van der Waals surface area contributed by atoms with Crippen molar-refractivity contribution in [2.24, 2.45) is 5.92 Å². The van der Waals surface area contributed by atoms with E-state index in [-0.39, 0.29) is 0 Å². The number of hydrogen-bond acceptors (Lipinski definition) is 1. The molecule has 1 atom stereocenters. The zero-order valence-electron chi connectivity index (χ0n) is 9.99. The first-order chi connectivity index (χ1) is 7.92. The van der Waals surface area contributed by atoms with Crippen molar-refractivity contribution in [3.05, 3.63) is 42.0 Å². The zero-order chi connectivity index (χ0) is 11.2. The molecule has 0 amide bonds. The van der Waals surface area contributed by atoms with Crippen LogP contribution in [-0.2, 0) is 4.74 Å². The molecule has 0 aliphatic heterocycles. The Hall–Kier alpha value is -1.08. The van der Waals surface area contributed by atoms with Gasteiger partial charge in [0.05, 0.1) is 0 Å². The normalized spacial score (nSPS) is 20.6. The van der Waals surface area contributed by atoms with Gasteiger partial charge < -0.3 is 4.74 Å². The van der Waals surface area contributed by atoms with E-state index in [2.05, 4.69) is 36.4 Å². The second-order valence-corrected chi connectivity index (χ2v) is 4.43. The van der Waals surface area contributed by atoms with Gasteiger partial charge >= 0.3 is 0 Å². The molecule has 1 aromatic carbocycles. The first kappa shape index (κ1) is 11.4. The number of allylic oxidation sites excluding steroid dienone is 2. The molecule has 1 heteroatoms. The molecule has 2 rings (SSSR count). The Morgan fingerprint density at radius 2 is 2.06 bits per heavy atom. The van der Waals surface area contributed by atoms with Crippen LogP contribution >= 0.6 is 0 Å². The van der Waals surface area contributed by atoms with Crippen molar-refractivity contribution < 1.29 is 4.74 Å². The SMILES string of the molecule is COCCC1CCCC=C1c1ccccc1. The molecule has 16 heavy (non-hydrogen) atoms. The van der Waals surface area contributed by atoms with Gasteiger partial charge in [0.25, 0.3) is 0 Å². The molecule has 1 aliphatic rings. The van der Waals surface area contributed by atoms with Gasteiger partial charge in [-0.3, -0.25) is 0 Å². The van der Waals surface area contributed by atoms with Gasteiger partial charge in [-0.1, -0.05) is 36.4 Å². The molecule has 0 heterocycles. The van der Waals surface area contributed by atoms with Gasteiger partial charge in [-0.2, -0.15) is 0 Å². The maximum absolute atomic E-state index is 5.20. The Morgan fingerprint density at radius 1 is 1.25 bits per heavy atom. The van der Waals surface area contributed by atoms with Crippen LogP contribution in [0.1, 0.15) is 31.2 Å². The van der Waals surface area contributed by atoms with E-state index in [1.54, 1.807) is 7.11 Å². The molecule has 1 unspecified atom stereocenters. The predicted octanol–water partition coefficient (Wildman–Crippen LogP) is 3.91. The molecule has 1 aliphatic carbocycles. The van der Waals surface area contributed by atoms with E-state index in [0.717, 1.165) is 13.0 Å². The third-order valence-electron chi connectivity index (χ3n) is 3.34. The van der Waals surface area contributed by atoms with E-state index in [9.17, 15) is 0 Å². The Labute approximate surface area is 98.1 Å². The van der Waals surface area contributed by atoms with Gasteiger partial charge in [-0.15, -0.1) is 0 Å². The number of rotatable bonds is 4. The van der Waals surface area contributed by atoms with Gasteiger partial charge in [0, 0.05) is 13.7 Å². The standard InChI is InChI=1S/C15H20O/c1-16-12-11-14-9-5-6-10-15(14)13-7-3-2-4-8-13/h2-4,7-8,10,14H,5-6,9,11-12H2,1H3. The van der Waals surface area contributed by atoms with Crippen LogP contribution in [0.4, 0.5) is 0 Å². The Balaban J connectivity index is 2.13. The monoisotopic (exact) mass is 216 g/mol. The quantitative estimate of drug-likeness (QED) is 0.741. The van der Waals surface area contributed by atoms with Crippen molar-refractivity contribution in [2.45, 2.75) is 25.7 Å². The van der Waals surface area contributed by atoms with Crippen LogP contribution in [0.5, 0.6) is 0 Å². The molecule has 0 saturated carbocycles. The van der Waals surface area contributed by atoms with Crippen molar-refractivity contribution in [3.8, 4) is 0 Å². The topological polar surface area (TPSA) is 9.23 Å². The highest BCUT2D eigenvalue weighted by Gasteiger charge is 2.18. The summed E-state index contributed by atoms with van der Waals surface area (Å²) >= 11 is 0. The molecule has 0 radical (unpaired) electrons. The number of ether oxygens (including phenoxy) is 1. The van der Waals surface area contributed by atoms with Crippen molar-refractivity contribution in [1.82, 2.24) is 0 Å². The van der Waals surface area contributed by atoms with Crippen LogP contribution in [0, 0.1) is 5.92 Å². The average molecular weight is 216 g/mol. The van der Waals surface area contributed by atoms with Crippen LogP contribution in [0.25, 0.3) is 5.57 Å². The third kappa shape index (κ3) is 2.73. The largest absolute Gasteiger partial charge is 0.385 e.